The number of aromatic nitrogens is 2. The van der Waals surface area contributed by atoms with Gasteiger partial charge in [0.05, 0.1) is 0 Å². The summed E-state index contributed by atoms with van der Waals surface area (Å²) in [6.07, 6.45) is 0. The van der Waals surface area contributed by atoms with Gasteiger partial charge in [0.1, 0.15) is 12.4 Å². The minimum absolute atomic E-state index is 0.0578. The van der Waals surface area contributed by atoms with Crippen LogP contribution in [0.2, 0.25) is 0 Å². The lowest BCUT2D eigenvalue weighted by atomic mass is 10.1. The number of nitrogens with zero attached hydrogens (tertiary/aromatic N) is 2. The van der Waals surface area contributed by atoms with Crippen molar-refractivity contribution in [3.8, 4) is 11.4 Å². The maximum absolute atomic E-state index is 13.2. The predicted molar refractivity (Wildman–Crippen MR) is 64.4 cm³/mol. The molecule has 0 unspecified atom stereocenters. The molecule has 7 nitrogen and oxygen atoms in total. The number of nitrogens with one attached hydrogen (secondary N) is 1. The van der Waals surface area contributed by atoms with Crippen molar-refractivity contribution in [1.82, 2.24) is 15.5 Å². The Kier molecular flexibility index (Phi) is 3.74. The molecule has 8 heteroatoms. The van der Waals surface area contributed by atoms with Crippen molar-refractivity contribution >= 4 is 11.9 Å². The van der Waals surface area contributed by atoms with Gasteiger partial charge < -0.3 is 14.9 Å². The van der Waals surface area contributed by atoms with Gasteiger partial charge in [-0.25, -0.2) is 4.39 Å². The molecular formula is C12H10FN3O4. The summed E-state index contributed by atoms with van der Waals surface area (Å²) in [4.78, 5) is 25.6. The lowest BCUT2D eigenvalue weighted by Crippen LogP contribution is -2.29. The fraction of sp³-hybridized carbons (Fsp3) is 0.167. The molecule has 0 bridgehead atoms. The van der Waals surface area contributed by atoms with Crippen molar-refractivity contribution in [1.29, 1.82) is 0 Å². The lowest BCUT2D eigenvalue weighted by molar-refractivity contribution is -0.135. The van der Waals surface area contributed by atoms with E-state index >= 15 is 0 Å². The van der Waals surface area contributed by atoms with E-state index in [4.69, 9.17) is 9.63 Å². The number of aliphatic carboxylic acids is 1. The first-order valence-electron chi connectivity index (χ1n) is 5.57. The minimum atomic E-state index is -1.20. The number of benzene rings is 1. The third kappa shape index (κ3) is 2.97. The molecule has 0 radical (unpaired) electrons. The first-order valence-corrected chi connectivity index (χ1v) is 5.57. The lowest BCUT2D eigenvalue weighted by Gasteiger charge is -1.99. The van der Waals surface area contributed by atoms with Crippen LogP contribution in [-0.2, 0) is 4.79 Å². The minimum Gasteiger partial charge on any atom is -0.480 e. The zero-order chi connectivity index (χ0) is 14.7. The van der Waals surface area contributed by atoms with Gasteiger partial charge in [-0.15, -0.1) is 0 Å². The number of carboxylic acid groups (broad SMARTS) is 1. The maximum atomic E-state index is 13.2. The number of hydrogen-bond donors (Lipinski definition) is 2. The highest BCUT2D eigenvalue weighted by Gasteiger charge is 2.17. The van der Waals surface area contributed by atoms with E-state index in [-0.39, 0.29) is 11.7 Å². The van der Waals surface area contributed by atoms with E-state index in [1.54, 1.807) is 13.0 Å². The Bertz CT molecular complexity index is 668. The van der Waals surface area contributed by atoms with Crippen LogP contribution in [0.15, 0.2) is 22.7 Å². The van der Waals surface area contributed by atoms with Crippen LogP contribution >= 0.6 is 0 Å². The van der Waals surface area contributed by atoms with E-state index in [0.29, 0.717) is 11.1 Å². The summed E-state index contributed by atoms with van der Waals surface area (Å²) in [6, 6.07) is 4.06. The third-order valence-electron chi connectivity index (χ3n) is 2.46. The number of aryl methyl sites for hydroxylation is 1. The fourth-order valence-corrected chi connectivity index (χ4v) is 1.49. The Balaban J connectivity index is 2.22. The van der Waals surface area contributed by atoms with Gasteiger partial charge in [0.15, 0.2) is 0 Å². The predicted octanol–water partition coefficient (Wildman–Crippen LogP) is 0.999. The van der Waals surface area contributed by atoms with Crippen LogP contribution in [0.4, 0.5) is 4.39 Å². The summed E-state index contributed by atoms with van der Waals surface area (Å²) in [6.45, 7) is 1.17. The molecule has 1 aromatic heterocycles. The standard InChI is InChI=1S/C12H10FN3O4/c1-6-2-3-7(13)4-8(6)10-15-12(20-16-10)11(19)14-5-9(17)18/h2-4H,5H2,1H3,(H,14,19)(H,17,18). The number of halogens is 1. The molecule has 0 saturated carbocycles. The fourth-order valence-electron chi connectivity index (χ4n) is 1.49. The first-order chi connectivity index (χ1) is 9.47. The van der Waals surface area contributed by atoms with Crippen molar-refractivity contribution in [2.24, 2.45) is 0 Å². The highest BCUT2D eigenvalue weighted by Crippen LogP contribution is 2.21. The Morgan fingerprint density at radius 1 is 1.45 bits per heavy atom. The molecule has 1 amide bonds. The molecule has 0 spiro atoms. The van der Waals surface area contributed by atoms with Gasteiger partial charge in [-0.3, -0.25) is 9.59 Å². The normalized spacial score (nSPS) is 10.3. The second-order valence-electron chi connectivity index (χ2n) is 3.96. The Morgan fingerprint density at radius 3 is 2.90 bits per heavy atom. The van der Waals surface area contributed by atoms with Crippen molar-refractivity contribution in [2.75, 3.05) is 6.54 Å². The smallest absolute Gasteiger partial charge is 0.322 e. The van der Waals surface area contributed by atoms with Crippen molar-refractivity contribution < 1.29 is 23.6 Å². The first kappa shape index (κ1) is 13.7. The highest BCUT2D eigenvalue weighted by atomic mass is 19.1. The third-order valence-corrected chi connectivity index (χ3v) is 2.46. The number of rotatable bonds is 4. The molecule has 20 heavy (non-hydrogen) atoms. The average Bonchev–Trinajstić information content (AvgIpc) is 2.88. The zero-order valence-corrected chi connectivity index (χ0v) is 10.4. The molecule has 0 aliphatic carbocycles. The number of carboxylic acids is 1. The Morgan fingerprint density at radius 2 is 2.20 bits per heavy atom. The number of carbonyl (C=O) groups excluding carboxylic acids is 1. The van der Waals surface area contributed by atoms with Crippen LogP contribution in [-0.4, -0.2) is 33.7 Å². The van der Waals surface area contributed by atoms with Crippen LogP contribution in [0.3, 0.4) is 0 Å². The number of hydrogen-bond acceptors (Lipinski definition) is 5. The molecule has 0 aliphatic rings. The number of carbonyl (C=O) groups is 2. The quantitative estimate of drug-likeness (QED) is 0.864. The van der Waals surface area contributed by atoms with Gasteiger partial charge in [0.25, 0.3) is 0 Å². The van der Waals surface area contributed by atoms with E-state index in [1.165, 1.54) is 12.1 Å². The molecule has 2 aromatic rings. The molecule has 0 fully saturated rings. The monoisotopic (exact) mass is 279 g/mol. The molecule has 0 atom stereocenters. The van der Waals surface area contributed by atoms with Gasteiger partial charge in [-0.2, -0.15) is 4.98 Å². The van der Waals surface area contributed by atoms with E-state index in [0.717, 1.165) is 0 Å². The van der Waals surface area contributed by atoms with Crippen molar-refractivity contribution in [3.63, 3.8) is 0 Å². The second-order valence-corrected chi connectivity index (χ2v) is 3.96. The summed E-state index contributed by atoms with van der Waals surface area (Å²) < 4.78 is 17.9. The van der Waals surface area contributed by atoms with E-state index in [9.17, 15) is 14.0 Å². The topological polar surface area (TPSA) is 105 Å². The summed E-state index contributed by atoms with van der Waals surface area (Å²) in [7, 11) is 0. The van der Waals surface area contributed by atoms with Crippen LogP contribution in [0.25, 0.3) is 11.4 Å². The molecule has 2 N–H and O–H groups in total. The molecule has 1 aromatic carbocycles. The Hall–Kier alpha value is -2.77. The van der Waals surface area contributed by atoms with Gasteiger partial charge >= 0.3 is 17.8 Å². The Labute approximate surface area is 112 Å². The van der Waals surface area contributed by atoms with Gasteiger partial charge in [0.2, 0.25) is 5.82 Å². The maximum Gasteiger partial charge on any atom is 0.322 e. The van der Waals surface area contributed by atoms with Crippen molar-refractivity contribution in [2.45, 2.75) is 6.92 Å². The zero-order valence-electron chi connectivity index (χ0n) is 10.4. The van der Waals surface area contributed by atoms with E-state index in [1.807, 2.05) is 0 Å². The van der Waals surface area contributed by atoms with Crippen LogP contribution in [0, 0.1) is 12.7 Å². The SMILES string of the molecule is Cc1ccc(F)cc1-c1noc(C(=O)NCC(=O)O)n1. The second kappa shape index (κ2) is 5.47. The molecule has 0 saturated heterocycles. The van der Waals surface area contributed by atoms with Crippen LogP contribution in [0.1, 0.15) is 16.2 Å². The van der Waals surface area contributed by atoms with Crippen LogP contribution in [0.5, 0.6) is 0 Å². The van der Waals surface area contributed by atoms with Gasteiger partial charge in [-0.05, 0) is 24.6 Å². The summed E-state index contributed by atoms with van der Waals surface area (Å²) in [5.74, 6) is -2.79. The molecule has 2 rings (SSSR count). The van der Waals surface area contributed by atoms with Crippen LogP contribution < -0.4 is 5.32 Å². The molecule has 104 valence electrons. The number of amides is 1. The molecule has 1 heterocycles. The van der Waals surface area contributed by atoms with E-state index in [2.05, 4.69) is 15.5 Å². The van der Waals surface area contributed by atoms with Gasteiger partial charge in [-0.1, -0.05) is 11.2 Å². The summed E-state index contributed by atoms with van der Waals surface area (Å²) in [5.41, 5.74) is 1.11. The largest absolute Gasteiger partial charge is 0.480 e. The summed E-state index contributed by atoms with van der Waals surface area (Å²) in [5, 5.41) is 14.1. The molecule has 0 aliphatic heterocycles. The highest BCUT2D eigenvalue weighted by molar-refractivity contribution is 5.91. The van der Waals surface area contributed by atoms with E-state index < -0.39 is 24.2 Å². The van der Waals surface area contributed by atoms with Crippen molar-refractivity contribution in [3.05, 3.63) is 35.5 Å². The summed E-state index contributed by atoms with van der Waals surface area (Å²) >= 11 is 0. The van der Waals surface area contributed by atoms with Gasteiger partial charge in [0, 0.05) is 5.56 Å². The molecular weight excluding hydrogens is 269 g/mol. The average molecular weight is 279 g/mol.